The first kappa shape index (κ1) is 14.6. The lowest BCUT2D eigenvalue weighted by atomic mass is 10.1. The Morgan fingerprint density at radius 1 is 1.19 bits per heavy atom. The molecular formula is C16H26N4O. The maximum Gasteiger partial charge on any atom is 0.132 e. The molecule has 2 N–H and O–H groups in total. The molecule has 2 fully saturated rings. The molecule has 1 aromatic heterocycles. The zero-order valence-corrected chi connectivity index (χ0v) is 13.1. The highest BCUT2D eigenvalue weighted by Gasteiger charge is 2.40. The van der Waals surface area contributed by atoms with Crippen molar-refractivity contribution < 1.29 is 4.74 Å². The second-order valence-corrected chi connectivity index (χ2v) is 6.05. The predicted octanol–water partition coefficient (Wildman–Crippen LogP) is 2.84. The van der Waals surface area contributed by atoms with E-state index >= 15 is 0 Å². The Morgan fingerprint density at radius 2 is 2.00 bits per heavy atom. The summed E-state index contributed by atoms with van der Waals surface area (Å²) >= 11 is 0. The highest BCUT2D eigenvalue weighted by molar-refractivity contribution is 5.48. The highest BCUT2D eigenvalue weighted by Crippen LogP contribution is 2.39. The lowest BCUT2D eigenvalue weighted by Crippen LogP contribution is -2.31. The van der Waals surface area contributed by atoms with E-state index in [9.17, 15) is 0 Å². The summed E-state index contributed by atoms with van der Waals surface area (Å²) in [7, 11) is 0. The van der Waals surface area contributed by atoms with Crippen molar-refractivity contribution in [2.45, 2.75) is 58.1 Å². The molecule has 2 heterocycles. The fraction of sp³-hybridized carbons (Fsp3) is 0.750. The maximum absolute atomic E-state index is 5.89. The monoisotopic (exact) mass is 290 g/mol. The summed E-state index contributed by atoms with van der Waals surface area (Å²) in [6.45, 7) is 6.06. The number of nitrogens with one attached hydrogen (secondary N) is 2. The Bertz CT molecular complexity index is 475. The van der Waals surface area contributed by atoms with Crippen LogP contribution < -0.4 is 10.6 Å². The van der Waals surface area contributed by atoms with Gasteiger partial charge in [-0.25, -0.2) is 9.97 Å². The van der Waals surface area contributed by atoms with Crippen molar-refractivity contribution in [1.82, 2.24) is 9.97 Å². The molecule has 1 saturated carbocycles. The van der Waals surface area contributed by atoms with Gasteiger partial charge in [0.25, 0.3) is 0 Å². The topological polar surface area (TPSA) is 59.1 Å². The molecule has 116 valence electrons. The molecule has 0 bridgehead atoms. The van der Waals surface area contributed by atoms with Crippen LogP contribution in [0.5, 0.6) is 0 Å². The minimum atomic E-state index is 0.372. The van der Waals surface area contributed by atoms with Gasteiger partial charge in [-0.15, -0.1) is 0 Å². The number of aryl methyl sites for hydroxylation is 1. The lowest BCUT2D eigenvalue weighted by molar-refractivity contribution is 0.0898. The minimum absolute atomic E-state index is 0.372. The third-order valence-corrected chi connectivity index (χ3v) is 4.20. The van der Waals surface area contributed by atoms with Gasteiger partial charge in [0.05, 0.1) is 12.1 Å². The molecular weight excluding hydrogens is 264 g/mol. The van der Waals surface area contributed by atoms with E-state index in [0.717, 1.165) is 55.8 Å². The largest absolute Gasteiger partial charge is 0.376 e. The van der Waals surface area contributed by atoms with Gasteiger partial charge < -0.3 is 15.4 Å². The third kappa shape index (κ3) is 3.64. The molecule has 1 aliphatic carbocycles. The van der Waals surface area contributed by atoms with Gasteiger partial charge >= 0.3 is 0 Å². The van der Waals surface area contributed by atoms with E-state index in [-0.39, 0.29) is 0 Å². The van der Waals surface area contributed by atoms with Gasteiger partial charge in [0, 0.05) is 25.6 Å². The Balaban J connectivity index is 1.70. The first-order chi connectivity index (χ1) is 10.3. The zero-order chi connectivity index (χ0) is 14.7. The number of hydrogen-bond acceptors (Lipinski definition) is 5. The first-order valence-electron chi connectivity index (χ1n) is 8.30. The van der Waals surface area contributed by atoms with Crippen molar-refractivity contribution in [3.63, 3.8) is 0 Å². The second kappa shape index (κ2) is 6.60. The normalized spacial score (nSPS) is 25.0. The molecule has 2 aliphatic rings. The molecule has 2 atom stereocenters. The van der Waals surface area contributed by atoms with Crippen molar-refractivity contribution >= 4 is 11.6 Å². The number of ether oxygens (including phenoxy) is 1. The molecule has 2 unspecified atom stereocenters. The summed E-state index contributed by atoms with van der Waals surface area (Å²) in [4.78, 5) is 9.16. The fourth-order valence-corrected chi connectivity index (χ4v) is 2.92. The van der Waals surface area contributed by atoms with Crippen LogP contribution in [0, 0.1) is 5.92 Å². The number of hydrogen-bond donors (Lipinski definition) is 2. The van der Waals surface area contributed by atoms with Crippen LogP contribution in [0.2, 0.25) is 0 Å². The summed E-state index contributed by atoms with van der Waals surface area (Å²) in [5.41, 5.74) is 0. The predicted molar refractivity (Wildman–Crippen MR) is 84.7 cm³/mol. The third-order valence-electron chi connectivity index (χ3n) is 4.20. The zero-order valence-electron chi connectivity index (χ0n) is 13.1. The fourth-order valence-electron chi connectivity index (χ4n) is 2.92. The van der Waals surface area contributed by atoms with Crippen LogP contribution >= 0.6 is 0 Å². The first-order valence-corrected chi connectivity index (χ1v) is 8.30. The average molecular weight is 290 g/mol. The van der Waals surface area contributed by atoms with Crippen molar-refractivity contribution in [3.8, 4) is 0 Å². The van der Waals surface area contributed by atoms with Crippen molar-refractivity contribution in [2.75, 3.05) is 23.8 Å². The Labute approximate surface area is 126 Å². The smallest absolute Gasteiger partial charge is 0.132 e. The van der Waals surface area contributed by atoms with E-state index in [4.69, 9.17) is 4.74 Å². The van der Waals surface area contributed by atoms with Crippen LogP contribution in [0.3, 0.4) is 0 Å². The van der Waals surface area contributed by atoms with Gasteiger partial charge in [-0.3, -0.25) is 0 Å². The molecule has 0 spiro atoms. The Kier molecular flexibility index (Phi) is 4.58. The Hall–Kier alpha value is -1.36. The second-order valence-electron chi connectivity index (χ2n) is 6.05. The van der Waals surface area contributed by atoms with Gasteiger partial charge in [-0.2, -0.15) is 0 Å². The SMILES string of the molecule is CCCNc1cc(NC2CCOC2C2CC2)nc(CC)n1. The summed E-state index contributed by atoms with van der Waals surface area (Å²) in [6, 6.07) is 2.42. The van der Waals surface area contributed by atoms with Crippen LogP contribution in [-0.4, -0.2) is 35.3 Å². The molecule has 0 aromatic carbocycles. The van der Waals surface area contributed by atoms with Crippen molar-refractivity contribution in [3.05, 3.63) is 11.9 Å². The number of rotatable bonds is 7. The van der Waals surface area contributed by atoms with Crippen LogP contribution in [0.4, 0.5) is 11.6 Å². The van der Waals surface area contributed by atoms with Gasteiger partial charge in [0.2, 0.25) is 0 Å². The molecule has 21 heavy (non-hydrogen) atoms. The maximum atomic E-state index is 5.89. The van der Waals surface area contributed by atoms with Gasteiger partial charge in [-0.1, -0.05) is 13.8 Å². The van der Waals surface area contributed by atoms with E-state index < -0.39 is 0 Å². The Morgan fingerprint density at radius 3 is 2.71 bits per heavy atom. The quantitative estimate of drug-likeness (QED) is 0.808. The van der Waals surface area contributed by atoms with Crippen molar-refractivity contribution in [1.29, 1.82) is 0 Å². The summed E-state index contributed by atoms with van der Waals surface area (Å²) in [5, 5.41) is 6.95. The molecule has 1 aliphatic heterocycles. The highest BCUT2D eigenvalue weighted by atomic mass is 16.5. The number of aromatic nitrogens is 2. The van der Waals surface area contributed by atoms with Gasteiger partial charge in [0.15, 0.2) is 0 Å². The van der Waals surface area contributed by atoms with Crippen LogP contribution in [0.1, 0.15) is 45.4 Å². The van der Waals surface area contributed by atoms with E-state index in [2.05, 4.69) is 34.4 Å². The molecule has 5 nitrogen and oxygen atoms in total. The molecule has 1 aromatic rings. The molecule has 3 rings (SSSR count). The standard InChI is InChI=1S/C16H26N4O/c1-3-8-17-14-10-15(20-13(4-2)19-14)18-12-7-9-21-16(12)11-5-6-11/h10-12,16H,3-9H2,1-2H3,(H2,17,18,19,20). The van der Waals surface area contributed by atoms with E-state index in [1.165, 1.54) is 12.8 Å². The lowest BCUT2D eigenvalue weighted by Gasteiger charge is -2.20. The minimum Gasteiger partial charge on any atom is -0.376 e. The molecule has 5 heteroatoms. The van der Waals surface area contributed by atoms with Crippen LogP contribution in [0.25, 0.3) is 0 Å². The van der Waals surface area contributed by atoms with Crippen molar-refractivity contribution in [2.24, 2.45) is 5.92 Å². The summed E-state index contributed by atoms with van der Waals surface area (Å²) in [6.07, 6.45) is 6.02. The van der Waals surface area contributed by atoms with Crippen LogP contribution in [-0.2, 0) is 11.2 Å². The summed E-state index contributed by atoms with van der Waals surface area (Å²) < 4.78 is 5.89. The van der Waals surface area contributed by atoms with Gasteiger partial charge in [-0.05, 0) is 31.6 Å². The number of nitrogens with zero attached hydrogens (tertiary/aromatic N) is 2. The van der Waals surface area contributed by atoms with E-state index in [1.54, 1.807) is 0 Å². The van der Waals surface area contributed by atoms with E-state index in [1.807, 2.05) is 6.07 Å². The molecule has 0 radical (unpaired) electrons. The van der Waals surface area contributed by atoms with Gasteiger partial charge in [0.1, 0.15) is 17.5 Å². The van der Waals surface area contributed by atoms with Crippen LogP contribution in [0.15, 0.2) is 6.07 Å². The average Bonchev–Trinajstić information content (AvgIpc) is 3.25. The molecule has 0 amide bonds. The number of anilines is 2. The van der Waals surface area contributed by atoms with E-state index in [0.29, 0.717) is 12.1 Å². The molecule has 1 saturated heterocycles. The summed E-state index contributed by atoms with van der Waals surface area (Å²) in [5.74, 6) is 3.50.